The van der Waals surface area contributed by atoms with Crippen LogP contribution in [0.25, 0.3) is 0 Å². The van der Waals surface area contributed by atoms with E-state index in [0.717, 1.165) is 109 Å². The molecule has 75 heavy (non-hydrogen) atoms. The van der Waals surface area contributed by atoms with Crippen LogP contribution in [0.5, 0.6) is 0 Å². The molecule has 11 nitrogen and oxygen atoms in total. The van der Waals surface area contributed by atoms with Crippen molar-refractivity contribution in [3.05, 3.63) is 97.2 Å². The van der Waals surface area contributed by atoms with Crippen molar-refractivity contribution in [3.8, 4) is 0 Å². The van der Waals surface area contributed by atoms with Gasteiger partial charge in [-0.3, -0.25) is 9.59 Å². The summed E-state index contributed by atoms with van der Waals surface area (Å²) in [4.78, 5) is 26.5. The number of amides is 1. The fraction of sp³-hybridized carbons (Fsp3) is 0.719. The monoisotopic (exact) mass is 1050 g/mol. The quantitative estimate of drug-likeness (QED) is 0.0149. The van der Waals surface area contributed by atoms with Gasteiger partial charge in [0.25, 0.3) is 0 Å². The van der Waals surface area contributed by atoms with Gasteiger partial charge < -0.3 is 45.1 Å². The van der Waals surface area contributed by atoms with Crippen LogP contribution in [0.1, 0.15) is 233 Å². The Bertz CT molecular complexity index is 1580. The molecule has 0 aromatic heterocycles. The third kappa shape index (κ3) is 39.6. The Kier molecular flexibility index (Phi) is 47.6. The molecule has 6 N–H and O–H groups in total. The first-order valence-corrected chi connectivity index (χ1v) is 30.0. The molecule has 1 heterocycles. The molecular weight excluding hydrogens is 943 g/mol. The molecular formula is C64H109NO10. The second-order valence-electron chi connectivity index (χ2n) is 20.4. The van der Waals surface area contributed by atoms with Gasteiger partial charge in [-0.1, -0.05) is 234 Å². The van der Waals surface area contributed by atoms with E-state index in [1.165, 1.54) is 77.0 Å². The Morgan fingerprint density at radius 2 is 1.01 bits per heavy atom. The molecule has 0 bridgehead atoms. The molecule has 0 aliphatic carbocycles. The highest BCUT2D eigenvalue weighted by Crippen LogP contribution is 2.26. The van der Waals surface area contributed by atoms with Crippen LogP contribution in [0.4, 0.5) is 0 Å². The summed E-state index contributed by atoms with van der Waals surface area (Å²) < 4.78 is 17.6. The zero-order valence-corrected chi connectivity index (χ0v) is 47.4. The number of hydrogen-bond acceptors (Lipinski definition) is 10. The number of nitrogens with one attached hydrogen (secondary N) is 1. The summed E-state index contributed by atoms with van der Waals surface area (Å²) in [7, 11) is 0. The predicted octanol–water partition coefficient (Wildman–Crippen LogP) is 13.9. The number of rotatable bonds is 49. The van der Waals surface area contributed by atoms with Crippen LogP contribution >= 0.6 is 0 Å². The van der Waals surface area contributed by atoms with Gasteiger partial charge in [0.05, 0.1) is 25.4 Å². The molecule has 0 spiro atoms. The molecule has 1 aliphatic rings. The molecule has 11 heteroatoms. The maximum atomic E-state index is 13.4. The highest BCUT2D eigenvalue weighted by Gasteiger charge is 2.47. The second kappa shape index (κ2) is 51.3. The lowest BCUT2D eigenvalue weighted by atomic mass is 9.99. The minimum Gasteiger partial charge on any atom is -0.454 e. The van der Waals surface area contributed by atoms with E-state index in [9.17, 15) is 35.1 Å². The number of carbonyl (C=O) groups is 2. The van der Waals surface area contributed by atoms with Crippen molar-refractivity contribution in [1.82, 2.24) is 5.32 Å². The van der Waals surface area contributed by atoms with Crippen molar-refractivity contribution >= 4 is 11.9 Å². The van der Waals surface area contributed by atoms with Crippen LogP contribution in [0, 0.1) is 0 Å². The molecule has 1 aliphatic heterocycles. The van der Waals surface area contributed by atoms with Crippen molar-refractivity contribution in [1.29, 1.82) is 0 Å². The van der Waals surface area contributed by atoms with Crippen molar-refractivity contribution < 1.29 is 49.3 Å². The molecule has 8 atom stereocenters. The summed E-state index contributed by atoms with van der Waals surface area (Å²) in [6.45, 7) is 5.59. The number of hydrogen-bond donors (Lipinski definition) is 6. The molecule has 430 valence electrons. The number of carbonyl (C=O) groups excluding carboxylic acids is 2. The van der Waals surface area contributed by atoms with E-state index in [2.05, 4.69) is 92.9 Å². The van der Waals surface area contributed by atoms with Crippen LogP contribution in [0.2, 0.25) is 0 Å². The van der Waals surface area contributed by atoms with Crippen LogP contribution in [0.3, 0.4) is 0 Å². The summed E-state index contributed by atoms with van der Waals surface area (Å²) in [5.74, 6) is -1.24. The fourth-order valence-corrected chi connectivity index (χ4v) is 8.75. The zero-order valence-electron chi connectivity index (χ0n) is 47.4. The van der Waals surface area contributed by atoms with Gasteiger partial charge in [-0.15, -0.1) is 0 Å². The lowest BCUT2D eigenvalue weighted by Crippen LogP contribution is -2.61. The highest BCUT2D eigenvalue weighted by molar-refractivity contribution is 5.80. The van der Waals surface area contributed by atoms with E-state index in [1.54, 1.807) is 6.08 Å². The Balaban J connectivity index is 2.74. The molecule has 0 radical (unpaired) electrons. The first-order valence-electron chi connectivity index (χ1n) is 30.0. The van der Waals surface area contributed by atoms with Crippen LogP contribution < -0.4 is 5.32 Å². The predicted molar refractivity (Wildman–Crippen MR) is 310 cm³/mol. The number of unbranched alkanes of at least 4 members (excludes halogenated alkanes) is 23. The maximum Gasteiger partial charge on any atom is 0.306 e. The van der Waals surface area contributed by atoms with Crippen molar-refractivity contribution in [2.24, 2.45) is 0 Å². The summed E-state index contributed by atoms with van der Waals surface area (Å²) in [5.41, 5.74) is 0. The Morgan fingerprint density at radius 1 is 0.547 bits per heavy atom. The Hall–Kier alpha value is -3.42. The lowest BCUT2D eigenvalue weighted by molar-refractivity contribution is -0.305. The summed E-state index contributed by atoms with van der Waals surface area (Å²) in [6, 6.07) is -1.04. The summed E-state index contributed by atoms with van der Waals surface area (Å²) in [6.07, 6.45) is 57.3. The van der Waals surface area contributed by atoms with Gasteiger partial charge in [0, 0.05) is 6.42 Å². The van der Waals surface area contributed by atoms with E-state index in [1.807, 2.05) is 24.3 Å². The molecule has 1 rings (SSSR count). The minimum atomic E-state index is -1.63. The molecule has 0 saturated carbocycles. The Labute approximate surface area is 456 Å². The number of esters is 1. The molecule has 0 aromatic carbocycles. The third-order valence-corrected chi connectivity index (χ3v) is 13.5. The molecule has 1 fully saturated rings. The first kappa shape index (κ1) is 69.6. The van der Waals surface area contributed by atoms with E-state index >= 15 is 0 Å². The van der Waals surface area contributed by atoms with E-state index in [0.29, 0.717) is 12.8 Å². The SMILES string of the molecule is CC/C=C/C=C/C=C\CCCCCCCC(=O)OC1C(OCC(NC(=O)C(O)CCCCCC/C=C\C/C=C\C/C=C\C/C=C\CCCCC)C(O)/C=C/CCCCCCCCCCCCC)OC(CO)C(O)C1O. The third-order valence-electron chi connectivity index (χ3n) is 13.5. The zero-order chi connectivity index (χ0) is 54.7. The van der Waals surface area contributed by atoms with Crippen LogP contribution in [-0.4, -0.2) is 99.6 Å². The highest BCUT2D eigenvalue weighted by atomic mass is 16.7. The lowest BCUT2D eigenvalue weighted by Gasteiger charge is -2.41. The molecule has 0 aromatic rings. The largest absolute Gasteiger partial charge is 0.454 e. The van der Waals surface area contributed by atoms with Gasteiger partial charge in [0.2, 0.25) is 5.91 Å². The summed E-state index contributed by atoms with van der Waals surface area (Å²) >= 11 is 0. The average Bonchev–Trinajstić information content (AvgIpc) is 3.41. The number of ether oxygens (including phenoxy) is 3. The molecule has 8 unspecified atom stereocenters. The van der Waals surface area contributed by atoms with Gasteiger partial charge >= 0.3 is 5.97 Å². The smallest absolute Gasteiger partial charge is 0.306 e. The number of allylic oxidation sites excluding steroid dienone is 15. The van der Waals surface area contributed by atoms with Crippen molar-refractivity contribution in [3.63, 3.8) is 0 Å². The topological polar surface area (TPSA) is 175 Å². The van der Waals surface area contributed by atoms with Gasteiger partial charge in [0.1, 0.15) is 24.4 Å². The van der Waals surface area contributed by atoms with Crippen LogP contribution in [0.15, 0.2) is 97.2 Å². The summed E-state index contributed by atoms with van der Waals surface area (Å²) in [5, 5.41) is 56.9. The Morgan fingerprint density at radius 3 is 1.57 bits per heavy atom. The van der Waals surface area contributed by atoms with Gasteiger partial charge in [0.15, 0.2) is 12.4 Å². The minimum absolute atomic E-state index is 0.0933. The van der Waals surface area contributed by atoms with Crippen molar-refractivity contribution in [2.75, 3.05) is 13.2 Å². The van der Waals surface area contributed by atoms with E-state index < -0.39 is 67.4 Å². The normalized spacial score (nSPS) is 19.9. The van der Waals surface area contributed by atoms with Gasteiger partial charge in [-0.2, -0.15) is 0 Å². The van der Waals surface area contributed by atoms with E-state index in [4.69, 9.17) is 14.2 Å². The second-order valence-corrected chi connectivity index (χ2v) is 20.4. The molecule has 1 amide bonds. The average molecular weight is 1050 g/mol. The number of aliphatic hydroxyl groups excluding tert-OH is 5. The van der Waals surface area contributed by atoms with Crippen molar-refractivity contribution in [2.45, 2.75) is 282 Å². The number of aliphatic hydroxyl groups is 5. The first-order chi connectivity index (χ1) is 36.7. The standard InChI is InChI=1S/C64H109NO10/c1-4-7-10-13-16-19-22-25-26-27-28-29-30-31-34-36-39-42-45-48-51-57(68)63(72)65-55(56(67)50-47-44-41-38-35-32-23-20-17-14-11-8-5-2)54-73-64-62(61(71)60(70)58(53-66)74-64)75-59(69)52-49-46-43-40-37-33-24-21-18-15-12-9-6-3/h9,12,15-16,18-19,21,24-26,28-29,31,34,47,50,55-58,60-62,64,66-68,70-71H,4-8,10-11,13-14,17,20,22-23,27,30,32-33,35-46,48-49,51-54H2,1-3H3,(H,65,72)/b12-9+,18-15+,19-16-,24-21-,26-25-,29-28-,34-31-,50-47+. The van der Waals surface area contributed by atoms with Gasteiger partial charge in [-0.05, 0) is 89.9 Å². The van der Waals surface area contributed by atoms with Gasteiger partial charge in [-0.25, -0.2) is 0 Å². The van der Waals surface area contributed by atoms with Crippen LogP contribution in [-0.2, 0) is 23.8 Å². The maximum absolute atomic E-state index is 13.4. The van der Waals surface area contributed by atoms with E-state index in [-0.39, 0.29) is 19.4 Å². The fourth-order valence-electron chi connectivity index (χ4n) is 8.75. The molecule has 1 saturated heterocycles.